The molecule has 0 aliphatic heterocycles. The number of carbonyl (C=O) groups excluding carboxylic acids is 1. The van der Waals surface area contributed by atoms with Crippen LogP contribution in [0.2, 0.25) is 0 Å². The number of nitrogens with one attached hydrogen (secondary N) is 2. The number of thiol groups is 1. The molecule has 0 fully saturated rings. The van der Waals surface area contributed by atoms with Crippen LogP contribution in [0.1, 0.15) is 34.6 Å². The van der Waals surface area contributed by atoms with Crippen LogP contribution in [0.3, 0.4) is 0 Å². The molecule has 0 spiro atoms. The first-order valence-corrected chi connectivity index (χ1v) is 9.65. The molecule has 0 aromatic heterocycles. The number of hydrogen-bond acceptors (Lipinski definition) is 6. The number of rotatable bonds is 10. The third-order valence-corrected chi connectivity index (χ3v) is 4.69. The van der Waals surface area contributed by atoms with Crippen molar-refractivity contribution in [3.8, 4) is 0 Å². The maximum atomic E-state index is 11.5. The molecule has 0 saturated heterocycles. The Kier molecular flexibility index (Phi) is 8.30. The maximum absolute atomic E-state index is 11.5. The predicted octanol–water partition coefficient (Wildman–Crippen LogP) is 4.29. The monoisotopic (exact) mass is 370 g/mol. The van der Waals surface area contributed by atoms with Crippen molar-refractivity contribution in [1.29, 1.82) is 0 Å². The van der Waals surface area contributed by atoms with Crippen molar-refractivity contribution in [2.24, 2.45) is 0 Å². The van der Waals surface area contributed by atoms with Crippen molar-refractivity contribution in [2.45, 2.75) is 44.1 Å². The lowest BCUT2D eigenvalue weighted by Crippen LogP contribution is -2.29. The maximum Gasteiger partial charge on any atom is 0.315 e. The summed E-state index contributed by atoms with van der Waals surface area (Å²) in [6.07, 6.45) is 0. The predicted molar refractivity (Wildman–Crippen MR) is 110 cm³/mol. The Labute approximate surface area is 155 Å². The van der Waals surface area contributed by atoms with Gasteiger partial charge in [0.25, 0.3) is 0 Å². The summed E-state index contributed by atoms with van der Waals surface area (Å²) in [4.78, 5) is 11.5. The number of benzene rings is 1. The molecule has 0 heterocycles. The van der Waals surface area contributed by atoms with Gasteiger partial charge in [-0.15, -0.1) is 11.8 Å². The number of para-hydroxylation sites is 2. The van der Waals surface area contributed by atoms with Gasteiger partial charge in [-0.05, 0) is 46.8 Å². The Bertz CT molecular complexity index is 528. The summed E-state index contributed by atoms with van der Waals surface area (Å²) in [6.45, 7) is 12.2. The molecule has 0 aliphatic rings. The van der Waals surface area contributed by atoms with Crippen LogP contribution in [0.5, 0.6) is 0 Å². The highest BCUT2D eigenvalue weighted by Crippen LogP contribution is 2.28. The Balaban J connectivity index is 2.58. The van der Waals surface area contributed by atoms with Gasteiger partial charge < -0.3 is 15.4 Å². The quantitative estimate of drug-likeness (QED) is 0.424. The lowest BCUT2D eigenvalue weighted by Gasteiger charge is -2.26. The van der Waals surface area contributed by atoms with Crippen LogP contribution in [-0.4, -0.2) is 40.9 Å². The summed E-state index contributed by atoms with van der Waals surface area (Å²) in [5.41, 5.74) is 2.12. The first-order valence-electron chi connectivity index (χ1n) is 8.22. The summed E-state index contributed by atoms with van der Waals surface area (Å²) >= 11 is 6.15. The molecule has 0 unspecified atom stereocenters. The topological polar surface area (TPSA) is 50.4 Å². The lowest BCUT2D eigenvalue weighted by molar-refractivity contribution is -0.139. The van der Waals surface area contributed by atoms with Crippen LogP contribution in [-0.2, 0) is 9.53 Å². The third kappa shape index (κ3) is 8.73. The third-order valence-electron chi connectivity index (χ3n) is 3.23. The summed E-state index contributed by atoms with van der Waals surface area (Å²) < 4.78 is 4.82. The molecule has 0 bridgehead atoms. The molecule has 2 N–H and O–H groups in total. The van der Waals surface area contributed by atoms with Crippen molar-refractivity contribution in [3.05, 3.63) is 24.3 Å². The van der Waals surface area contributed by atoms with Gasteiger partial charge in [-0.25, -0.2) is 0 Å². The number of hydrogen-bond donors (Lipinski definition) is 3. The van der Waals surface area contributed by atoms with Crippen LogP contribution in [0.25, 0.3) is 0 Å². The van der Waals surface area contributed by atoms with Crippen LogP contribution in [0, 0.1) is 0 Å². The second kappa shape index (κ2) is 9.47. The molecular formula is C18H30N2O2S2. The van der Waals surface area contributed by atoms with Crippen LogP contribution < -0.4 is 10.6 Å². The summed E-state index contributed by atoms with van der Waals surface area (Å²) in [7, 11) is 0. The molecule has 0 saturated carbocycles. The first-order chi connectivity index (χ1) is 11.1. The van der Waals surface area contributed by atoms with E-state index in [1.54, 1.807) is 11.8 Å². The van der Waals surface area contributed by atoms with Gasteiger partial charge in [0.05, 0.1) is 23.7 Å². The van der Waals surface area contributed by atoms with Crippen molar-refractivity contribution in [2.75, 3.05) is 36.1 Å². The fourth-order valence-corrected chi connectivity index (χ4v) is 2.76. The minimum Gasteiger partial charge on any atom is -0.465 e. The smallest absolute Gasteiger partial charge is 0.315 e. The van der Waals surface area contributed by atoms with E-state index in [4.69, 9.17) is 4.74 Å². The molecular weight excluding hydrogens is 340 g/mol. The molecule has 0 atom stereocenters. The van der Waals surface area contributed by atoms with E-state index in [0.717, 1.165) is 24.5 Å². The average molecular weight is 371 g/mol. The molecule has 1 aromatic rings. The van der Waals surface area contributed by atoms with E-state index in [1.165, 1.54) is 0 Å². The number of anilines is 2. The molecule has 24 heavy (non-hydrogen) atoms. The highest BCUT2D eigenvalue weighted by atomic mass is 32.2. The molecule has 0 radical (unpaired) electrons. The van der Waals surface area contributed by atoms with Crippen molar-refractivity contribution in [1.82, 2.24) is 0 Å². The minimum absolute atomic E-state index is 0.0807. The van der Waals surface area contributed by atoms with Crippen LogP contribution in [0.4, 0.5) is 11.4 Å². The largest absolute Gasteiger partial charge is 0.465 e. The van der Waals surface area contributed by atoms with Gasteiger partial charge in [-0.2, -0.15) is 12.6 Å². The SMILES string of the molecule is CCOC(=O)CSC(C)(C)CNc1ccccc1NCC(C)(C)S. The number of carbonyl (C=O) groups is 1. The zero-order valence-corrected chi connectivity index (χ0v) is 17.0. The highest BCUT2D eigenvalue weighted by molar-refractivity contribution is 8.01. The lowest BCUT2D eigenvalue weighted by atomic mass is 10.1. The summed E-state index contributed by atoms with van der Waals surface area (Å²) in [5, 5.41) is 6.92. The molecule has 0 amide bonds. The number of ether oxygens (including phenoxy) is 1. The van der Waals surface area contributed by atoms with Gasteiger partial charge in [0.15, 0.2) is 0 Å². The second-order valence-electron chi connectivity index (χ2n) is 6.92. The van der Waals surface area contributed by atoms with Crippen LogP contribution >= 0.6 is 24.4 Å². The van der Waals surface area contributed by atoms with E-state index in [0.29, 0.717) is 12.4 Å². The standard InChI is InChI=1S/C18H30N2O2S2/c1-6-22-16(21)11-24-18(4,5)13-20-15-10-8-7-9-14(15)19-12-17(2,3)23/h7-10,19-20,23H,6,11-13H2,1-5H3. The fourth-order valence-electron chi connectivity index (χ4n) is 1.92. The molecule has 6 heteroatoms. The van der Waals surface area contributed by atoms with E-state index in [-0.39, 0.29) is 15.5 Å². The Morgan fingerprint density at radius 3 is 2.17 bits per heavy atom. The van der Waals surface area contributed by atoms with Gasteiger partial charge >= 0.3 is 5.97 Å². The molecule has 1 aromatic carbocycles. The zero-order valence-electron chi connectivity index (χ0n) is 15.3. The van der Waals surface area contributed by atoms with E-state index in [2.05, 4.69) is 63.1 Å². The molecule has 1 rings (SSSR count). The summed E-state index contributed by atoms with van der Waals surface area (Å²) in [5.74, 6) is 0.213. The van der Waals surface area contributed by atoms with Crippen molar-refractivity contribution < 1.29 is 9.53 Å². The normalized spacial score (nSPS) is 11.9. The van der Waals surface area contributed by atoms with E-state index in [1.807, 2.05) is 19.1 Å². The Morgan fingerprint density at radius 2 is 1.67 bits per heavy atom. The van der Waals surface area contributed by atoms with Gasteiger partial charge in [0.2, 0.25) is 0 Å². The molecule has 0 aliphatic carbocycles. The fraction of sp³-hybridized carbons (Fsp3) is 0.611. The van der Waals surface area contributed by atoms with Gasteiger partial charge in [0, 0.05) is 22.6 Å². The van der Waals surface area contributed by atoms with E-state index >= 15 is 0 Å². The van der Waals surface area contributed by atoms with E-state index < -0.39 is 0 Å². The first kappa shape index (κ1) is 21.0. The van der Waals surface area contributed by atoms with Crippen molar-refractivity contribution in [3.63, 3.8) is 0 Å². The Morgan fingerprint density at radius 1 is 1.12 bits per heavy atom. The molecule has 136 valence electrons. The Hall–Kier alpha value is -1.01. The minimum atomic E-state index is -0.159. The van der Waals surface area contributed by atoms with Gasteiger partial charge in [-0.3, -0.25) is 4.79 Å². The highest BCUT2D eigenvalue weighted by Gasteiger charge is 2.21. The van der Waals surface area contributed by atoms with Gasteiger partial charge in [0.1, 0.15) is 0 Å². The summed E-state index contributed by atoms with van der Waals surface area (Å²) in [6, 6.07) is 8.14. The average Bonchev–Trinajstić information content (AvgIpc) is 2.49. The second-order valence-corrected chi connectivity index (χ2v) is 9.81. The van der Waals surface area contributed by atoms with Crippen LogP contribution in [0.15, 0.2) is 24.3 Å². The number of esters is 1. The van der Waals surface area contributed by atoms with E-state index in [9.17, 15) is 4.79 Å². The molecule has 4 nitrogen and oxygen atoms in total. The number of thioether (sulfide) groups is 1. The zero-order chi connectivity index (χ0) is 18.2. The van der Waals surface area contributed by atoms with Gasteiger partial charge in [-0.1, -0.05) is 12.1 Å². The van der Waals surface area contributed by atoms with Crippen molar-refractivity contribution >= 4 is 41.7 Å².